The lowest BCUT2D eigenvalue weighted by molar-refractivity contribution is -0.161. The monoisotopic (exact) mass is 207 g/mol. The second-order valence-corrected chi connectivity index (χ2v) is 5.11. The zero-order chi connectivity index (χ0) is 6.97. The molecule has 1 nitrogen and oxygen atoms in total. The van der Waals surface area contributed by atoms with Crippen molar-refractivity contribution in [2.24, 2.45) is 0 Å². The molecule has 62 valence electrons. The van der Waals surface area contributed by atoms with E-state index in [0.29, 0.717) is 0 Å². The van der Waals surface area contributed by atoms with Crippen LogP contribution in [0.2, 0.25) is 0 Å². The van der Waals surface area contributed by atoms with Crippen molar-refractivity contribution in [2.45, 2.75) is 25.7 Å². The van der Waals surface area contributed by atoms with Crippen molar-refractivity contribution in [1.29, 1.82) is 0 Å². The first-order chi connectivity index (χ1) is 4.86. The normalized spacial score (nSPS) is 15.3. The third-order valence-electron chi connectivity index (χ3n) is 1.82. The van der Waals surface area contributed by atoms with Crippen LogP contribution in [-0.2, 0) is 12.8 Å². The van der Waals surface area contributed by atoms with E-state index in [4.69, 9.17) is 5.41 Å². The number of nitrogens with two attached hydrogens (primary N) is 1. The summed E-state index contributed by atoms with van der Waals surface area (Å²) in [5.74, 6) is 0. The first-order valence-electron chi connectivity index (χ1n) is 3.56. The molecule has 0 aromatic carbocycles. The molecule has 0 saturated carbocycles. The molecule has 2 rings (SSSR count). The molecule has 1 aromatic heterocycles. The van der Waals surface area contributed by atoms with Crippen molar-refractivity contribution < 1.29 is 17.8 Å². The molecule has 0 atom stereocenters. The van der Waals surface area contributed by atoms with Crippen molar-refractivity contribution in [1.82, 2.24) is 0 Å². The first kappa shape index (κ1) is 9.23. The summed E-state index contributed by atoms with van der Waals surface area (Å²) in [5.41, 5.74) is 0. The third-order valence-corrected chi connectivity index (χ3v) is 4.24. The summed E-state index contributed by atoms with van der Waals surface area (Å²) in [6.45, 7) is 0. The summed E-state index contributed by atoms with van der Waals surface area (Å²) in [6.07, 6.45) is 5.26. The Kier molecular flexibility index (Phi) is 3.10. The van der Waals surface area contributed by atoms with E-state index in [9.17, 15) is 0 Å². The van der Waals surface area contributed by atoms with Gasteiger partial charge >= 0.3 is 3.98 Å². The number of halogens is 1. The molecule has 0 unspecified atom stereocenters. The highest BCUT2D eigenvalue weighted by Gasteiger charge is 2.12. The Morgan fingerprint density at radius 1 is 1.00 bits per heavy atom. The van der Waals surface area contributed by atoms with Gasteiger partial charge in [0.25, 0.3) is 0 Å². The molecular formula is C7H10ClNS2. The fourth-order valence-electron chi connectivity index (χ4n) is 1.33. The van der Waals surface area contributed by atoms with E-state index in [1.165, 1.54) is 25.7 Å². The largest absolute Gasteiger partial charge is 1.00 e. The minimum atomic E-state index is 0. The van der Waals surface area contributed by atoms with E-state index in [0.717, 1.165) is 3.98 Å². The summed E-state index contributed by atoms with van der Waals surface area (Å²) < 4.78 is 1.03. The van der Waals surface area contributed by atoms with Crippen LogP contribution in [0.3, 0.4) is 0 Å². The van der Waals surface area contributed by atoms with E-state index in [-0.39, 0.29) is 12.4 Å². The van der Waals surface area contributed by atoms with Crippen molar-refractivity contribution in [3.8, 4) is 0 Å². The predicted molar refractivity (Wildman–Crippen MR) is 43.9 cm³/mol. The van der Waals surface area contributed by atoms with Gasteiger partial charge in [0, 0.05) is 9.75 Å². The van der Waals surface area contributed by atoms with Gasteiger partial charge in [-0.15, -0.1) is 0 Å². The average Bonchev–Trinajstić information content (AvgIpc) is 2.27. The van der Waals surface area contributed by atoms with Gasteiger partial charge in [0.15, 0.2) is 0 Å². The molecule has 1 aliphatic rings. The van der Waals surface area contributed by atoms with Crippen LogP contribution in [0.1, 0.15) is 22.6 Å². The second-order valence-electron chi connectivity index (χ2n) is 2.58. The number of fused-ring (bicyclic) bond motifs is 1. The molecular weight excluding hydrogens is 198 g/mol. The lowest BCUT2D eigenvalue weighted by atomic mass is 10.1. The van der Waals surface area contributed by atoms with E-state index in [1.54, 1.807) is 32.4 Å². The van der Waals surface area contributed by atoms with Crippen LogP contribution >= 0.6 is 22.7 Å². The topological polar surface area (TPSA) is 25.6 Å². The quantitative estimate of drug-likeness (QED) is 0.481. The molecule has 1 aliphatic carbocycles. The summed E-state index contributed by atoms with van der Waals surface area (Å²) in [4.78, 5) is 3.10. The Bertz CT molecular complexity index is 262. The minimum absolute atomic E-state index is 0. The Balaban J connectivity index is 0.000000605. The highest BCUT2D eigenvalue weighted by Crippen LogP contribution is 2.25. The SMILES string of the molecule is [Cl-].[NH2+]=c1sc2c(s1)CCCC2. The number of rotatable bonds is 0. The zero-order valence-electron chi connectivity index (χ0n) is 6.10. The summed E-state index contributed by atoms with van der Waals surface area (Å²) in [5, 5.41) is 5.70. The van der Waals surface area contributed by atoms with Crippen LogP contribution < -0.4 is 21.8 Å². The van der Waals surface area contributed by atoms with Crippen LogP contribution in [0.15, 0.2) is 0 Å². The second kappa shape index (κ2) is 3.70. The molecule has 0 amide bonds. The maximum Gasteiger partial charge on any atom is 0.311 e. The highest BCUT2D eigenvalue weighted by molar-refractivity contribution is 7.27. The van der Waals surface area contributed by atoms with Crippen LogP contribution in [0.4, 0.5) is 0 Å². The molecule has 0 bridgehead atoms. The van der Waals surface area contributed by atoms with Gasteiger partial charge in [0.1, 0.15) is 0 Å². The van der Waals surface area contributed by atoms with Gasteiger partial charge in [-0.3, -0.25) is 0 Å². The van der Waals surface area contributed by atoms with E-state index in [2.05, 4.69) is 0 Å². The molecule has 0 fully saturated rings. The Hall–Kier alpha value is 0.140. The smallest absolute Gasteiger partial charge is 0.311 e. The molecule has 0 saturated heterocycles. The van der Waals surface area contributed by atoms with Crippen LogP contribution in [0.25, 0.3) is 0 Å². The lowest BCUT2D eigenvalue weighted by Gasteiger charge is -2.06. The van der Waals surface area contributed by atoms with Crippen LogP contribution in [-0.4, -0.2) is 0 Å². The van der Waals surface area contributed by atoms with Gasteiger partial charge in [0.05, 0.1) is 0 Å². The van der Waals surface area contributed by atoms with Crippen molar-refractivity contribution in [2.75, 3.05) is 0 Å². The molecule has 4 heteroatoms. The predicted octanol–water partition coefficient (Wildman–Crippen LogP) is -2.65. The van der Waals surface area contributed by atoms with Crippen molar-refractivity contribution in [3.05, 3.63) is 13.7 Å². The Morgan fingerprint density at radius 3 is 1.91 bits per heavy atom. The molecule has 0 radical (unpaired) electrons. The summed E-state index contributed by atoms with van der Waals surface area (Å²) in [6, 6.07) is 0. The fraction of sp³-hybridized carbons (Fsp3) is 0.571. The zero-order valence-corrected chi connectivity index (χ0v) is 8.49. The molecule has 1 heterocycles. The van der Waals surface area contributed by atoms with E-state index >= 15 is 0 Å². The molecule has 0 spiro atoms. The Labute approximate surface area is 80.0 Å². The lowest BCUT2D eigenvalue weighted by Crippen LogP contribution is -3.00. The van der Waals surface area contributed by atoms with Gasteiger partial charge in [-0.2, -0.15) is 0 Å². The van der Waals surface area contributed by atoms with Gasteiger partial charge in [-0.1, -0.05) is 22.7 Å². The maximum atomic E-state index is 5.70. The highest BCUT2D eigenvalue weighted by atomic mass is 35.5. The fourth-order valence-corrected chi connectivity index (χ4v) is 3.76. The number of aryl methyl sites for hydroxylation is 2. The van der Waals surface area contributed by atoms with Crippen molar-refractivity contribution in [3.63, 3.8) is 0 Å². The number of hydrogen-bond acceptors (Lipinski definition) is 2. The van der Waals surface area contributed by atoms with Gasteiger partial charge in [-0.25, -0.2) is 5.41 Å². The van der Waals surface area contributed by atoms with Crippen LogP contribution in [0, 0.1) is 0 Å². The van der Waals surface area contributed by atoms with Crippen LogP contribution in [0.5, 0.6) is 0 Å². The summed E-state index contributed by atoms with van der Waals surface area (Å²) in [7, 11) is 0. The van der Waals surface area contributed by atoms with E-state index < -0.39 is 0 Å². The standard InChI is InChI=1S/C7H9NS2.ClH/c8-7-9-5-3-1-2-4-6(5)10-7;/h8H,1-4H2;1H. The molecule has 11 heavy (non-hydrogen) atoms. The maximum absolute atomic E-state index is 5.70. The molecule has 2 N–H and O–H groups in total. The first-order valence-corrected chi connectivity index (χ1v) is 5.20. The Morgan fingerprint density at radius 2 is 1.45 bits per heavy atom. The molecule has 0 aliphatic heterocycles. The summed E-state index contributed by atoms with van der Waals surface area (Å²) >= 11 is 3.57. The molecule has 1 aromatic rings. The van der Waals surface area contributed by atoms with Gasteiger partial charge < -0.3 is 12.4 Å². The van der Waals surface area contributed by atoms with Gasteiger partial charge in [0.2, 0.25) is 0 Å². The number of hydrogen-bond donors (Lipinski definition) is 1. The van der Waals surface area contributed by atoms with Gasteiger partial charge in [-0.05, 0) is 25.7 Å². The minimum Gasteiger partial charge on any atom is -1.00 e. The van der Waals surface area contributed by atoms with Crippen molar-refractivity contribution >= 4 is 22.7 Å². The third kappa shape index (κ3) is 1.83. The average molecular weight is 208 g/mol. The van der Waals surface area contributed by atoms with E-state index in [1.807, 2.05) is 0 Å².